The van der Waals surface area contributed by atoms with E-state index in [-0.39, 0.29) is 11.8 Å². The molecule has 0 spiro atoms. The lowest BCUT2D eigenvalue weighted by Gasteiger charge is -2.23. The summed E-state index contributed by atoms with van der Waals surface area (Å²) in [5.41, 5.74) is 3.73. The number of sulfonamides is 1. The molecule has 2 aromatic carbocycles. The highest BCUT2D eigenvalue weighted by atomic mass is 35.5. The second-order valence-corrected chi connectivity index (χ2v) is 11.5. The molecule has 8 nitrogen and oxygen atoms in total. The van der Waals surface area contributed by atoms with Crippen molar-refractivity contribution >= 4 is 38.7 Å². The van der Waals surface area contributed by atoms with Crippen molar-refractivity contribution in [1.82, 2.24) is 14.9 Å². The molecule has 1 N–H and O–H groups in total. The third kappa shape index (κ3) is 4.76. The SMILES string of the molecule is CNC(=O)c1c(-c2ccc(Oc3ccccc3Cl)cc2)nn2cc3c(cc12)C(C)CCCN3S(C)(=O)=O. The van der Waals surface area contributed by atoms with Gasteiger partial charge in [0.1, 0.15) is 17.2 Å². The second kappa shape index (κ2) is 9.72. The van der Waals surface area contributed by atoms with Gasteiger partial charge in [-0.15, -0.1) is 0 Å². The van der Waals surface area contributed by atoms with E-state index in [4.69, 9.17) is 21.4 Å². The molecule has 4 aromatic rings. The van der Waals surface area contributed by atoms with Crippen LogP contribution in [0.1, 0.15) is 41.6 Å². The number of hydrogen-bond acceptors (Lipinski definition) is 5. The molecule has 3 heterocycles. The van der Waals surface area contributed by atoms with Gasteiger partial charge in [0.2, 0.25) is 10.0 Å². The van der Waals surface area contributed by atoms with Gasteiger partial charge in [0.05, 0.1) is 34.2 Å². The first-order chi connectivity index (χ1) is 17.7. The number of carbonyl (C=O) groups excluding carboxylic acids is 1. The molecule has 0 radical (unpaired) electrons. The Kier molecular flexibility index (Phi) is 6.59. The van der Waals surface area contributed by atoms with Crippen molar-refractivity contribution in [3.05, 3.63) is 76.9 Å². The molecule has 0 aliphatic carbocycles. The van der Waals surface area contributed by atoms with Crippen molar-refractivity contribution in [2.75, 3.05) is 24.2 Å². The van der Waals surface area contributed by atoms with Gasteiger partial charge in [-0.05, 0) is 66.8 Å². The van der Waals surface area contributed by atoms with E-state index >= 15 is 0 Å². The van der Waals surface area contributed by atoms with Crippen molar-refractivity contribution in [2.45, 2.75) is 25.7 Å². The second-order valence-electron chi connectivity index (χ2n) is 9.18. The van der Waals surface area contributed by atoms with Crippen LogP contribution in [-0.2, 0) is 10.0 Å². The summed E-state index contributed by atoms with van der Waals surface area (Å²) in [7, 11) is -1.90. The van der Waals surface area contributed by atoms with Gasteiger partial charge in [0.15, 0.2) is 0 Å². The van der Waals surface area contributed by atoms with Crippen LogP contribution >= 0.6 is 11.6 Å². The molecular weight excluding hydrogens is 512 g/mol. The van der Waals surface area contributed by atoms with Gasteiger partial charge in [-0.2, -0.15) is 5.10 Å². The van der Waals surface area contributed by atoms with E-state index in [9.17, 15) is 13.2 Å². The van der Waals surface area contributed by atoms with E-state index in [0.29, 0.717) is 45.5 Å². The monoisotopic (exact) mass is 538 g/mol. The lowest BCUT2D eigenvalue weighted by molar-refractivity contribution is 0.0965. The van der Waals surface area contributed by atoms with E-state index in [1.165, 1.54) is 10.6 Å². The molecule has 1 amide bonds. The minimum Gasteiger partial charge on any atom is -0.456 e. The standard InChI is InChI=1S/C27H27ClN4O4S/c1-17-7-6-14-32(37(3,34)35)23-16-31-22(15-20(17)23)25(27(33)29-2)26(30-31)18-10-12-19(13-11-18)36-24-9-5-4-8-21(24)28/h4-5,8-13,15-17H,6-7,14H2,1-3H3,(H,29,33). The summed E-state index contributed by atoms with van der Waals surface area (Å²) in [5.74, 6) is 0.986. The van der Waals surface area contributed by atoms with Crippen LogP contribution in [0.5, 0.6) is 11.5 Å². The summed E-state index contributed by atoms with van der Waals surface area (Å²) in [6.07, 6.45) is 4.53. The number of nitrogens with one attached hydrogen (secondary N) is 1. The fourth-order valence-corrected chi connectivity index (χ4v) is 5.89. The maximum atomic E-state index is 13.1. The van der Waals surface area contributed by atoms with Gasteiger partial charge >= 0.3 is 0 Å². The zero-order chi connectivity index (χ0) is 26.3. The molecule has 0 saturated heterocycles. The van der Waals surface area contributed by atoms with E-state index in [0.717, 1.165) is 24.0 Å². The Morgan fingerprint density at radius 3 is 2.57 bits per heavy atom. The normalized spacial score (nSPS) is 15.8. The number of rotatable bonds is 5. The van der Waals surface area contributed by atoms with Crippen LogP contribution in [0, 0.1) is 0 Å². The topological polar surface area (TPSA) is 93.0 Å². The van der Waals surface area contributed by atoms with E-state index < -0.39 is 10.0 Å². The fraction of sp³-hybridized carbons (Fsp3) is 0.259. The van der Waals surface area contributed by atoms with Crippen molar-refractivity contribution in [3.8, 4) is 22.8 Å². The van der Waals surface area contributed by atoms with Gasteiger partial charge in [-0.3, -0.25) is 9.10 Å². The number of benzene rings is 2. The number of anilines is 1. The van der Waals surface area contributed by atoms with Crippen molar-refractivity contribution in [3.63, 3.8) is 0 Å². The van der Waals surface area contributed by atoms with Crippen molar-refractivity contribution < 1.29 is 17.9 Å². The predicted molar refractivity (Wildman–Crippen MR) is 145 cm³/mol. The lowest BCUT2D eigenvalue weighted by atomic mass is 9.96. The number of aromatic nitrogens is 2. The molecule has 192 valence electrons. The van der Waals surface area contributed by atoms with Gasteiger partial charge in [0.25, 0.3) is 5.91 Å². The zero-order valence-corrected chi connectivity index (χ0v) is 22.3. The maximum absolute atomic E-state index is 13.1. The lowest BCUT2D eigenvalue weighted by Crippen LogP contribution is -2.31. The number of nitrogens with zero attached hydrogens (tertiary/aromatic N) is 3. The molecular formula is C27H27ClN4O4S. The van der Waals surface area contributed by atoms with Gasteiger partial charge in [0, 0.05) is 19.2 Å². The fourth-order valence-electron chi connectivity index (χ4n) is 4.75. The number of ether oxygens (including phenoxy) is 1. The summed E-state index contributed by atoms with van der Waals surface area (Å²) >= 11 is 6.21. The summed E-state index contributed by atoms with van der Waals surface area (Å²) < 4.78 is 34.1. The third-order valence-electron chi connectivity index (χ3n) is 6.62. The zero-order valence-electron chi connectivity index (χ0n) is 20.7. The Bertz CT molecular complexity index is 1600. The highest BCUT2D eigenvalue weighted by Gasteiger charge is 2.29. The first-order valence-corrected chi connectivity index (χ1v) is 14.2. The molecule has 1 unspecified atom stereocenters. The van der Waals surface area contributed by atoms with Crippen LogP contribution < -0.4 is 14.4 Å². The van der Waals surface area contributed by atoms with Gasteiger partial charge in [-0.1, -0.05) is 30.7 Å². The maximum Gasteiger partial charge on any atom is 0.255 e. The van der Waals surface area contributed by atoms with Crippen LogP contribution in [0.4, 0.5) is 5.69 Å². The molecule has 1 aliphatic heterocycles. The molecule has 0 fully saturated rings. The van der Waals surface area contributed by atoms with Crippen LogP contribution in [0.3, 0.4) is 0 Å². The number of amides is 1. The number of fused-ring (bicyclic) bond motifs is 2. The molecule has 5 rings (SSSR count). The first-order valence-electron chi connectivity index (χ1n) is 12.0. The van der Waals surface area contributed by atoms with Crippen molar-refractivity contribution in [1.29, 1.82) is 0 Å². The third-order valence-corrected chi connectivity index (χ3v) is 8.12. The summed E-state index contributed by atoms with van der Waals surface area (Å²) in [5, 5.41) is 7.96. The molecule has 1 aliphatic rings. The summed E-state index contributed by atoms with van der Waals surface area (Å²) in [6.45, 7) is 2.49. The summed E-state index contributed by atoms with van der Waals surface area (Å²) in [4.78, 5) is 13.1. The number of pyridine rings is 1. The largest absolute Gasteiger partial charge is 0.456 e. The van der Waals surface area contributed by atoms with Gasteiger partial charge < -0.3 is 10.1 Å². The van der Waals surface area contributed by atoms with Crippen LogP contribution in [0.25, 0.3) is 16.8 Å². The minimum atomic E-state index is -3.48. The minimum absolute atomic E-state index is 0.129. The highest BCUT2D eigenvalue weighted by Crippen LogP contribution is 2.38. The van der Waals surface area contributed by atoms with Gasteiger partial charge in [-0.25, -0.2) is 12.9 Å². The average molecular weight is 539 g/mol. The Balaban J connectivity index is 1.63. The van der Waals surface area contributed by atoms with Crippen LogP contribution in [-0.4, -0.2) is 43.8 Å². The first kappa shape index (κ1) is 25.1. The smallest absolute Gasteiger partial charge is 0.255 e. The van der Waals surface area contributed by atoms with E-state index in [1.807, 2.05) is 30.3 Å². The number of carbonyl (C=O) groups is 1. The molecule has 0 bridgehead atoms. The Labute approximate surface area is 220 Å². The Morgan fingerprint density at radius 1 is 1.16 bits per heavy atom. The predicted octanol–water partition coefficient (Wildman–Crippen LogP) is 5.47. The molecule has 2 aromatic heterocycles. The number of para-hydroxylation sites is 1. The number of halogens is 1. The molecule has 10 heteroatoms. The average Bonchev–Trinajstić information content (AvgIpc) is 3.16. The Hall–Kier alpha value is -3.56. The van der Waals surface area contributed by atoms with Crippen LogP contribution in [0.2, 0.25) is 5.02 Å². The van der Waals surface area contributed by atoms with Crippen LogP contribution in [0.15, 0.2) is 60.8 Å². The highest BCUT2D eigenvalue weighted by molar-refractivity contribution is 7.92. The molecule has 0 saturated carbocycles. The Morgan fingerprint density at radius 2 is 1.89 bits per heavy atom. The van der Waals surface area contributed by atoms with E-state index in [2.05, 4.69) is 12.2 Å². The quantitative estimate of drug-likeness (QED) is 0.364. The van der Waals surface area contributed by atoms with E-state index in [1.54, 1.807) is 42.0 Å². The summed E-state index contributed by atoms with van der Waals surface area (Å²) in [6, 6.07) is 16.4. The number of hydrogen-bond donors (Lipinski definition) is 1. The van der Waals surface area contributed by atoms with Crippen molar-refractivity contribution in [2.24, 2.45) is 0 Å². The molecule has 37 heavy (non-hydrogen) atoms. The molecule has 1 atom stereocenters.